The van der Waals surface area contributed by atoms with Crippen LogP contribution in [0.1, 0.15) is 34.5 Å². The van der Waals surface area contributed by atoms with Crippen molar-refractivity contribution in [1.82, 2.24) is 14.4 Å². The number of hydrogen-bond acceptors (Lipinski definition) is 6. The van der Waals surface area contributed by atoms with Crippen molar-refractivity contribution in [3.63, 3.8) is 0 Å². The highest BCUT2D eigenvalue weighted by Crippen LogP contribution is 2.40. The molecule has 0 saturated carbocycles. The van der Waals surface area contributed by atoms with E-state index in [1.165, 1.54) is 27.1 Å². The summed E-state index contributed by atoms with van der Waals surface area (Å²) in [6.45, 7) is 0. The van der Waals surface area contributed by atoms with Gasteiger partial charge in [-0.25, -0.2) is 9.38 Å². The number of thiazole rings is 1. The number of halogens is 2. The standard InChI is InChI=1S/C31H19Cl2N3O2S2/c32-20-10-6-17(7-11-20)15-19-3-1-5-23-25(18-8-12-21(33)13-9-18)26-28(34-27(19)23)35-31-36(30(26)38)29(37)24(40-31)16-22-4-2-14-39-22/h2,4,6-16H,1,3,5H2/b19-15+,24-16+. The number of nitrogens with zero attached hydrogens (tertiary/aromatic N) is 3. The molecule has 0 radical (unpaired) electrons. The molecule has 1 aliphatic carbocycles. The average molecular weight is 601 g/mol. The van der Waals surface area contributed by atoms with Gasteiger partial charge in [0.2, 0.25) is 4.96 Å². The molecule has 0 atom stereocenters. The zero-order chi connectivity index (χ0) is 27.4. The van der Waals surface area contributed by atoms with Crippen LogP contribution in [-0.4, -0.2) is 14.4 Å². The summed E-state index contributed by atoms with van der Waals surface area (Å²) >= 11 is 15.1. The van der Waals surface area contributed by atoms with E-state index >= 15 is 0 Å². The van der Waals surface area contributed by atoms with Gasteiger partial charge in [0, 0.05) is 20.5 Å². The van der Waals surface area contributed by atoms with Gasteiger partial charge in [0.25, 0.3) is 11.1 Å². The average Bonchev–Trinajstić information content (AvgIpc) is 3.58. The normalized spacial score (nSPS) is 14.8. The molecule has 7 rings (SSSR count). The molecule has 4 aromatic heterocycles. The van der Waals surface area contributed by atoms with Crippen LogP contribution in [0.5, 0.6) is 0 Å². The minimum Gasteiger partial charge on any atom is -0.268 e. The van der Waals surface area contributed by atoms with Crippen LogP contribution in [0.3, 0.4) is 0 Å². The Bertz CT molecular complexity index is 2130. The monoisotopic (exact) mass is 599 g/mol. The molecule has 4 heterocycles. The van der Waals surface area contributed by atoms with E-state index in [9.17, 15) is 9.59 Å². The SMILES string of the molecule is O=c1/c(=C\c2cccs2)sc2nc3nc4c(c(-c5ccc(Cl)cc5)c3c(=O)n12)CCC/C4=C\c1ccc(Cl)cc1. The zero-order valence-corrected chi connectivity index (χ0v) is 24.0. The molecule has 0 spiro atoms. The van der Waals surface area contributed by atoms with Crippen molar-refractivity contribution in [3.05, 3.63) is 123 Å². The van der Waals surface area contributed by atoms with Gasteiger partial charge in [0.05, 0.1) is 15.6 Å². The van der Waals surface area contributed by atoms with E-state index in [0.717, 1.165) is 57.7 Å². The molecule has 1 aliphatic rings. The molecule has 0 fully saturated rings. The molecule has 40 heavy (non-hydrogen) atoms. The summed E-state index contributed by atoms with van der Waals surface area (Å²) in [7, 11) is 0. The summed E-state index contributed by atoms with van der Waals surface area (Å²) in [4.78, 5) is 38.6. The van der Waals surface area contributed by atoms with Crippen LogP contribution in [0, 0.1) is 0 Å². The summed E-state index contributed by atoms with van der Waals surface area (Å²) in [5.41, 5.74) is 5.08. The quantitative estimate of drug-likeness (QED) is 0.217. The highest BCUT2D eigenvalue weighted by atomic mass is 35.5. The van der Waals surface area contributed by atoms with Crippen LogP contribution in [-0.2, 0) is 6.42 Å². The lowest BCUT2D eigenvalue weighted by atomic mass is 9.84. The van der Waals surface area contributed by atoms with Gasteiger partial charge in [-0.05, 0) is 89.4 Å². The summed E-state index contributed by atoms with van der Waals surface area (Å²) < 4.78 is 1.65. The van der Waals surface area contributed by atoms with E-state index in [-0.39, 0.29) is 5.56 Å². The fourth-order valence-corrected chi connectivity index (χ4v) is 7.18. The first-order chi connectivity index (χ1) is 19.5. The maximum Gasteiger partial charge on any atom is 0.277 e. The molecule has 5 nitrogen and oxygen atoms in total. The molecule has 2 aromatic carbocycles. The second kappa shape index (κ2) is 10.1. The number of pyridine rings is 1. The lowest BCUT2D eigenvalue weighted by molar-refractivity contribution is 0.815. The van der Waals surface area contributed by atoms with E-state index in [2.05, 4.69) is 6.08 Å². The van der Waals surface area contributed by atoms with Gasteiger partial charge in [-0.1, -0.05) is 64.9 Å². The third-order valence-corrected chi connectivity index (χ3v) is 9.33. The van der Waals surface area contributed by atoms with Crippen molar-refractivity contribution in [2.75, 3.05) is 0 Å². The van der Waals surface area contributed by atoms with E-state index in [4.69, 9.17) is 33.2 Å². The Hall–Kier alpha value is -3.62. The first kappa shape index (κ1) is 25.4. The summed E-state index contributed by atoms with van der Waals surface area (Å²) in [6.07, 6.45) is 6.43. The number of aromatic nitrogens is 3. The smallest absolute Gasteiger partial charge is 0.268 e. The van der Waals surface area contributed by atoms with Gasteiger partial charge in [-0.3, -0.25) is 9.59 Å². The largest absolute Gasteiger partial charge is 0.277 e. The number of hydrogen-bond donors (Lipinski definition) is 0. The first-order valence-electron chi connectivity index (χ1n) is 12.7. The minimum atomic E-state index is -0.402. The molecular weight excluding hydrogens is 581 g/mol. The molecule has 0 saturated heterocycles. The fraction of sp³-hybridized carbons (Fsp3) is 0.0968. The molecule has 0 aliphatic heterocycles. The van der Waals surface area contributed by atoms with Crippen LogP contribution < -0.4 is 15.7 Å². The Balaban J connectivity index is 1.56. The fourth-order valence-electron chi connectivity index (χ4n) is 5.25. The predicted octanol–water partition coefficient (Wildman–Crippen LogP) is 7.12. The molecule has 6 aromatic rings. The number of allylic oxidation sites excluding steroid dienone is 1. The predicted molar refractivity (Wildman–Crippen MR) is 167 cm³/mol. The van der Waals surface area contributed by atoms with Crippen molar-refractivity contribution in [1.29, 1.82) is 0 Å². The van der Waals surface area contributed by atoms with Gasteiger partial charge < -0.3 is 0 Å². The lowest BCUT2D eigenvalue weighted by Gasteiger charge is -2.23. The van der Waals surface area contributed by atoms with Crippen LogP contribution in [0.15, 0.2) is 75.6 Å². The molecule has 0 N–H and O–H groups in total. The zero-order valence-electron chi connectivity index (χ0n) is 20.9. The molecule has 196 valence electrons. The Kier molecular flexibility index (Phi) is 6.40. The number of benzene rings is 2. The lowest BCUT2D eigenvalue weighted by Crippen LogP contribution is -2.31. The van der Waals surface area contributed by atoms with Gasteiger partial charge in [0.15, 0.2) is 5.65 Å². The van der Waals surface area contributed by atoms with Crippen LogP contribution in [0.4, 0.5) is 0 Å². The molecular formula is C31H19Cl2N3O2S2. The topological polar surface area (TPSA) is 64.3 Å². The Labute approximate surface area is 246 Å². The highest BCUT2D eigenvalue weighted by molar-refractivity contribution is 7.15. The van der Waals surface area contributed by atoms with Gasteiger partial charge in [-0.2, -0.15) is 4.98 Å². The molecule has 0 bridgehead atoms. The highest BCUT2D eigenvalue weighted by Gasteiger charge is 2.26. The Morgan fingerprint density at radius 3 is 2.33 bits per heavy atom. The summed E-state index contributed by atoms with van der Waals surface area (Å²) in [6, 6.07) is 19.0. The second-order valence-corrected chi connectivity index (χ2v) is 12.4. The van der Waals surface area contributed by atoms with E-state index in [1.54, 1.807) is 0 Å². The van der Waals surface area contributed by atoms with E-state index in [1.807, 2.05) is 72.1 Å². The van der Waals surface area contributed by atoms with Crippen molar-refractivity contribution in [2.24, 2.45) is 0 Å². The van der Waals surface area contributed by atoms with Gasteiger partial charge >= 0.3 is 0 Å². The van der Waals surface area contributed by atoms with Gasteiger partial charge in [0.1, 0.15) is 0 Å². The number of rotatable bonds is 3. The first-order valence-corrected chi connectivity index (χ1v) is 15.1. The van der Waals surface area contributed by atoms with E-state index in [0.29, 0.717) is 30.6 Å². The second-order valence-electron chi connectivity index (χ2n) is 9.56. The summed E-state index contributed by atoms with van der Waals surface area (Å²) in [5, 5.41) is 3.58. The van der Waals surface area contributed by atoms with Crippen LogP contribution in [0.25, 0.3) is 44.8 Å². The summed E-state index contributed by atoms with van der Waals surface area (Å²) in [5.74, 6) is 0. The molecule has 0 amide bonds. The molecule has 0 unspecified atom stereocenters. The number of thiophene rings is 1. The minimum absolute atomic E-state index is 0.332. The maximum atomic E-state index is 14.1. The van der Waals surface area contributed by atoms with E-state index < -0.39 is 5.56 Å². The Morgan fingerprint density at radius 1 is 0.850 bits per heavy atom. The van der Waals surface area contributed by atoms with Crippen molar-refractivity contribution >= 4 is 79.6 Å². The van der Waals surface area contributed by atoms with Gasteiger partial charge in [-0.15, -0.1) is 11.3 Å². The van der Waals surface area contributed by atoms with Crippen molar-refractivity contribution in [2.45, 2.75) is 19.3 Å². The van der Waals surface area contributed by atoms with Crippen LogP contribution >= 0.6 is 45.9 Å². The maximum absolute atomic E-state index is 14.1. The third-order valence-electron chi connectivity index (χ3n) is 7.04. The third kappa shape index (κ3) is 4.39. The molecule has 9 heteroatoms. The number of fused-ring (bicyclic) bond motifs is 3. The van der Waals surface area contributed by atoms with Crippen LogP contribution in [0.2, 0.25) is 10.0 Å². The Morgan fingerprint density at radius 2 is 1.60 bits per heavy atom. The van der Waals surface area contributed by atoms with Crippen molar-refractivity contribution in [3.8, 4) is 11.1 Å². The van der Waals surface area contributed by atoms with Crippen molar-refractivity contribution < 1.29 is 0 Å².